The van der Waals surface area contributed by atoms with Crippen molar-refractivity contribution in [2.75, 3.05) is 7.11 Å². The molecule has 2 aliphatic rings. The van der Waals surface area contributed by atoms with E-state index in [2.05, 4.69) is 16.6 Å². The monoisotopic (exact) mass is 323 g/mol. The third-order valence-electron chi connectivity index (χ3n) is 4.87. The first-order valence-corrected chi connectivity index (χ1v) is 7.92. The summed E-state index contributed by atoms with van der Waals surface area (Å²) in [4.78, 5) is 10.4. The molecule has 1 aliphatic heterocycles. The van der Waals surface area contributed by atoms with E-state index in [1.807, 2.05) is 24.3 Å². The van der Waals surface area contributed by atoms with Crippen LogP contribution in [0.3, 0.4) is 0 Å². The quantitative estimate of drug-likeness (QED) is 0.695. The van der Waals surface area contributed by atoms with E-state index in [4.69, 9.17) is 4.74 Å². The number of rotatable bonds is 3. The minimum atomic E-state index is -0.378. The number of methoxy groups -OCH3 is 1. The number of nitro benzene ring substituents is 1. The van der Waals surface area contributed by atoms with Gasteiger partial charge in [-0.15, -0.1) is 0 Å². The van der Waals surface area contributed by atoms with E-state index < -0.39 is 0 Å². The van der Waals surface area contributed by atoms with Crippen molar-refractivity contribution >= 4 is 11.4 Å². The van der Waals surface area contributed by atoms with Crippen molar-refractivity contribution in [2.24, 2.45) is 11.0 Å². The summed E-state index contributed by atoms with van der Waals surface area (Å²) in [5.41, 5.74) is 7.76. The minimum absolute atomic E-state index is 0.0557. The number of hydrazone groups is 1. The molecule has 0 fully saturated rings. The van der Waals surface area contributed by atoms with Gasteiger partial charge in [0, 0.05) is 29.2 Å². The van der Waals surface area contributed by atoms with Gasteiger partial charge in [-0.25, -0.2) is 0 Å². The van der Waals surface area contributed by atoms with E-state index in [1.165, 1.54) is 5.56 Å². The maximum Gasteiger partial charge on any atom is 0.269 e. The molecule has 0 saturated heterocycles. The first-order valence-electron chi connectivity index (χ1n) is 7.92. The van der Waals surface area contributed by atoms with Crippen LogP contribution in [0.1, 0.15) is 29.2 Å². The average Bonchev–Trinajstić information content (AvgIpc) is 3.05. The molecule has 1 aliphatic carbocycles. The SMILES string of the molecule is COc1cccc2c1CC[C@@H]1C2=NN[C@@H]1c1ccc([N+](=O)[O-])cc1. The number of hydrogen-bond acceptors (Lipinski definition) is 5. The van der Waals surface area contributed by atoms with Gasteiger partial charge < -0.3 is 10.2 Å². The van der Waals surface area contributed by atoms with Crippen LogP contribution in [0, 0.1) is 16.0 Å². The van der Waals surface area contributed by atoms with Crippen LogP contribution in [-0.4, -0.2) is 17.7 Å². The van der Waals surface area contributed by atoms with E-state index in [1.54, 1.807) is 19.2 Å². The number of ether oxygens (including phenoxy) is 1. The van der Waals surface area contributed by atoms with Gasteiger partial charge in [0.25, 0.3) is 5.69 Å². The first kappa shape index (κ1) is 14.7. The highest BCUT2D eigenvalue weighted by Crippen LogP contribution is 2.40. The number of hydrogen-bond donors (Lipinski definition) is 1. The van der Waals surface area contributed by atoms with Gasteiger partial charge in [0.1, 0.15) is 5.75 Å². The predicted octanol–water partition coefficient (Wildman–Crippen LogP) is 3.21. The Kier molecular flexibility index (Phi) is 3.45. The maximum absolute atomic E-state index is 10.8. The molecule has 0 aromatic heterocycles. The Balaban J connectivity index is 1.65. The molecule has 24 heavy (non-hydrogen) atoms. The third kappa shape index (κ3) is 2.22. The van der Waals surface area contributed by atoms with Crippen LogP contribution in [0.4, 0.5) is 5.69 Å². The summed E-state index contributed by atoms with van der Waals surface area (Å²) in [6.45, 7) is 0. The van der Waals surface area contributed by atoms with Crippen LogP contribution in [0.5, 0.6) is 5.75 Å². The van der Waals surface area contributed by atoms with E-state index >= 15 is 0 Å². The fourth-order valence-electron chi connectivity index (χ4n) is 3.70. The molecule has 0 amide bonds. The summed E-state index contributed by atoms with van der Waals surface area (Å²) in [6.07, 6.45) is 1.91. The molecule has 0 bridgehead atoms. The topological polar surface area (TPSA) is 76.8 Å². The zero-order valence-electron chi connectivity index (χ0n) is 13.2. The Hall–Kier alpha value is -2.89. The van der Waals surface area contributed by atoms with Gasteiger partial charge >= 0.3 is 0 Å². The summed E-state index contributed by atoms with van der Waals surface area (Å²) >= 11 is 0. The number of nitrogens with zero attached hydrogens (tertiary/aromatic N) is 2. The van der Waals surface area contributed by atoms with Crippen molar-refractivity contribution < 1.29 is 9.66 Å². The van der Waals surface area contributed by atoms with Crippen LogP contribution >= 0.6 is 0 Å². The summed E-state index contributed by atoms with van der Waals surface area (Å²) in [6, 6.07) is 12.8. The Morgan fingerprint density at radius 3 is 2.75 bits per heavy atom. The molecular formula is C18H17N3O3. The maximum atomic E-state index is 10.8. The number of benzene rings is 2. The number of fused-ring (bicyclic) bond motifs is 3. The van der Waals surface area contributed by atoms with Crippen molar-refractivity contribution in [2.45, 2.75) is 18.9 Å². The lowest BCUT2D eigenvalue weighted by Gasteiger charge is -2.27. The number of nitrogens with one attached hydrogen (secondary N) is 1. The second-order valence-corrected chi connectivity index (χ2v) is 6.08. The molecule has 1 N–H and O–H groups in total. The van der Waals surface area contributed by atoms with Gasteiger partial charge in [0.2, 0.25) is 0 Å². The molecule has 6 heteroatoms. The highest BCUT2D eigenvalue weighted by atomic mass is 16.6. The second kappa shape index (κ2) is 5.63. The predicted molar refractivity (Wildman–Crippen MR) is 90.3 cm³/mol. The Morgan fingerprint density at radius 2 is 2.04 bits per heavy atom. The second-order valence-electron chi connectivity index (χ2n) is 6.08. The lowest BCUT2D eigenvalue weighted by Crippen LogP contribution is -2.27. The van der Waals surface area contributed by atoms with E-state index in [0.29, 0.717) is 0 Å². The molecule has 4 rings (SSSR count). The smallest absolute Gasteiger partial charge is 0.269 e. The van der Waals surface area contributed by atoms with Crippen molar-refractivity contribution in [1.29, 1.82) is 0 Å². The molecule has 6 nitrogen and oxygen atoms in total. The lowest BCUT2D eigenvalue weighted by atomic mass is 9.77. The largest absolute Gasteiger partial charge is 0.496 e. The van der Waals surface area contributed by atoms with E-state index in [-0.39, 0.29) is 22.6 Å². The zero-order chi connectivity index (χ0) is 16.7. The van der Waals surface area contributed by atoms with Crippen LogP contribution in [0.25, 0.3) is 0 Å². The Bertz CT molecular complexity index is 830. The number of nitro groups is 1. The van der Waals surface area contributed by atoms with Crippen LogP contribution in [0.15, 0.2) is 47.6 Å². The highest BCUT2D eigenvalue weighted by molar-refractivity contribution is 6.06. The molecule has 0 radical (unpaired) electrons. The fourth-order valence-corrected chi connectivity index (χ4v) is 3.70. The molecule has 1 heterocycles. The van der Waals surface area contributed by atoms with Gasteiger partial charge in [-0.1, -0.05) is 24.3 Å². The van der Waals surface area contributed by atoms with Gasteiger partial charge in [-0.05, 0) is 24.5 Å². The van der Waals surface area contributed by atoms with Gasteiger partial charge in [-0.3, -0.25) is 10.1 Å². The van der Waals surface area contributed by atoms with Gasteiger partial charge in [0.05, 0.1) is 23.8 Å². The summed E-state index contributed by atoms with van der Waals surface area (Å²) in [5.74, 6) is 1.18. The van der Waals surface area contributed by atoms with Crippen molar-refractivity contribution in [3.8, 4) is 5.75 Å². The molecule has 2 aromatic carbocycles. The molecule has 0 unspecified atom stereocenters. The minimum Gasteiger partial charge on any atom is -0.496 e. The molecule has 122 valence electrons. The van der Waals surface area contributed by atoms with Crippen LogP contribution in [0.2, 0.25) is 0 Å². The standard InChI is InChI=1S/C18H17N3O3/c1-24-16-4-2-3-14-13(16)9-10-15-17(19-20-18(14)15)11-5-7-12(8-6-11)21(22)23/h2-8,15,17,19H,9-10H2,1H3/t15-,17+/m0/s1. The van der Waals surface area contributed by atoms with Crippen molar-refractivity contribution in [3.63, 3.8) is 0 Å². The normalized spacial score (nSPS) is 21.3. The van der Waals surface area contributed by atoms with E-state index in [0.717, 1.165) is 35.4 Å². The molecule has 2 aromatic rings. The molecular weight excluding hydrogens is 306 g/mol. The van der Waals surface area contributed by atoms with Crippen LogP contribution < -0.4 is 10.2 Å². The van der Waals surface area contributed by atoms with Gasteiger partial charge in [0.15, 0.2) is 0 Å². The summed E-state index contributed by atoms with van der Waals surface area (Å²) < 4.78 is 5.47. The highest BCUT2D eigenvalue weighted by Gasteiger charge is 2.37. The average molecular weight is 323 g/mol. The molecule has 0 spiro atoms. The Morgan fingerprint density at radius 1 is 1.25 bits per heavy atom. The lowest BCUT2D eigenvalue weighted by molar-refractivity contribution is -0.384. The number of non-ortho nitro benzene ring substituents is 1. The van der Waals surface area contributed by atoms with Crippen LogP contribution in [-0.2, 0) is 6.42 Å². The van der Waals surface area contributed by atoms with E-state index in [9.17, 15) is 10.1 Å². The third-order valence-corrected chi connectivity index (χ3v) is 4.87. The zero-order valence-corrected chi connectivity index (χ0v) is 13.2. The fraction of sp³-hybridized carbons (Fsp3) is 0.278. The van der Waals surface area contributed by atoms with Gasteiger partial charge in [-0.2, -0.15) is 5.10 Å². The molecule has 0 saturated carbocycles. The molecule has 2 atom stereocenters. The van der Waals surface area contributed by atoms with Crippen molar-refractivity contribution in [1.82, 2.24) is 5.43 Å². The van der Waals surface area contributed by atoms with Crippen molar-refractivity contribution in [3.05, 3.63) is 69.3 Å². The summed E-state index contributed by atoms with van der Waals surface area (Å²) in [5, 5.41) is 15.4. The summed E-state index contributed by atoms with van der Waals surface area (Å²) in [7, 11) is 1.69. The Labute approximate surface area is 139 Å². The first-order chi connectivity index (χ1) is 11.7.